The molecule has 0 bridgehead atoms. The molecule has 0 fully saturated rings. The van der Waals surface area contributed by atoms with E-state index in [9.17, 15) is 30.7 Å². The number of aryl methyl sites for hydroxylation is 1. The van der Waals surface area contributed by atoms with Crippen LogP contribution in [0.25, 0.3) is 16.7 Å². The maximum absolute atomic E-state index is 12.2. The molecule has 0 radical (unpaired) electrons. The molecule has 2 aromatic heterocycles. The van der Waals surface area contributed by atoms with E-state index in [-0.39, 0.29) is 21.9 Å². The number of hydrogen-bond acceptors (Lipinski definition) is 7. The van der Waals surface area contributed by atoms with Crippen molar-refractivity contribution in [2.75, 3.05) is 0 Å². The predicted molar refractivity (Wildman–Crippen MR) is 85.4 cm³/mol. The highest BCUT2D eigenvalue weighted by molar-refractivity contribution is 7.89. The molecule has 0 saturated carbocycles. The normalized spacial score (nSPS) is 12.6. The minimum atomic E-state index is -5.03. The average Bonchev–Trinajstić information content (AvgIpc) is 2.83. The van der Waals surface area contributed by atoms with Gasteiger partial charge < -0.3 is 0 Å². The van der Waals surface area contributed by atoms with Crippen LogP contribution in [0.5, 0.6) is 0 Å². The summed E-state index contributed by atoms with van der Waals surface area (Å²) in [6.07, 6.45) is 0. The van der Waals surface area contributed by atoms with Crippen LogP contribution in [0.15, 0.2) is 32.8 Å². The van der Waals surface area contributed by atoms with Gasteiger partial charge in [0, 0.05) is 6.07 Å². The van der Waals surface area contributed by atoms with Crippen LogP contribution in [0, 0.1) is 12.3 Å². The molecule has 0 aliphatic heterocycles. The summed E-state index contributed by atoms with van der Waals surface area (Å²) in [6, 6.07) is 2.62. The summed E-state index contributed by atoms with van der Waals surface area (Å²) < 4.78 is 65.3. The van der Waals surface area contributed by atoms with E-state index >= 15 is 0 Å². The van der Waals surface area contributed by atoms with Crippen molar-refractivity contribution in [3.8, 4) is 0 Å². The lowest BCUT2D eigenvalue weighted by Gasteiger charge is -2.04. The van der Waals surface area contributed by atoms with Crippen molar-refractivity contribution in [3.63, 3.8) is 0 Å². The number of benzene rings is 1. The van der Waals surface area contributed by atoms with E-state index < -0.39 is 35.6 Å². The van der Waals surface area contributed by atoms with E-state index in [1.54, 1.807) is 6.92 Å². The van der Waals surface area contributed by atoms with Crippen molar-refractivity contribution in [2.24, 2.45) is 0 Å². The van der Waals surface area contributed by atoms with Crippen LogP contribution in [0.2, 0.25) is 0 Å². The monoisotopic (exact) mass is 383 g/mol. The van der Waals surface area contributed by atoms with E-state index in [1.807, 2.05) is 0 Å². The zero-order valence-electron chi connectivity index (χ0n) is 12.4. The van der Waals surface area contributed by atoms with E-state index in [4.69, 9.17) is 5.41 Å². The van der Waals surface area contributed by atoms with Gasteiger partial charge in [0.1, 0.15) is 9.79 Å². The molecule has 25 heavy (non-hydrogen) atoms. The van der Waals surface area contributed by atoms with Crippen LogP contribution in [0.1, 0.15) is 5.56 Å². The van der Waals surface area contributed by atoms with Crippen molar-refractivity contribution < 1.29 is 25.9 Å². The fraction of sp³-hybridized carbons (Fsp3) is 0.0769. The first-order chi connectivity index (χ1) is 11.4. The molecule has 0 aliphatic rings. The Balaban J connectivity index is 2.71. The van der Waals surface area contributed by atoms with Crippen LogP contribution in [0.4, 0.5) is 0 Å². The van der Waals surface area contributed by atoms with Gasteiger partial charge in [0.25, 0.3) is 25.8 Å². The lowest BCUT2D eigenvalue weighted by Crippen LogP contribution is -2.22. The molecule has 2 heterocycles. The Morgan fingerprint density at radius 1 is 1.08 bits per heavy atom. The fourth-order valence-electron chi connectivity index (χ4n) is 2.53. The fourth-order valence-corrected chi connectivity index (χ4v) is 4.31. The van der Waals surface area contributed by atoms with Gasteiger partial charge in [0.05, 0.1) is 16.3 Å². The van der Waals surface area contributed by atoms with Gasteiger partial charge >= 0.3 is 0 Å². The number of aromatic nitrogens is 2. The molecule has 0 aliphatic carbocycles. The van der Waals surface area contributed by atoms with E-state index in [0.717, 1.165) is 16.5 Å². The zero-order valence-corrected chi connectivity index (χ0v) is 14.0. The molecular formula is C13H9N3O7S2. The first-order valence-electron chi connectivity index (χ1n) is 6.49. The van der Waals surface area contributed by atoms with Gasteiger partial charge in [0.2, 0.25) is 0 Å². The predicted octanol–water partition coefficient (Wildman–Crippen LogP) is -0.712. The highest BCUT2D eigenvalue weighted by atomic mass is 32.2. The topological polar surface area (TPSA) is 167 Å². The molecule has 0 amide bonds. The first-order valence-corrected chi connectivity index (χ1v) is 9.37. The number of fused-ring (bicyclic) bond motifs is 3. The zero-order chi connectivity index (χ0) is 18.7. The molecule has 3 rings (SSSR count). The maximum Gasteiger partial charge on any atom is 0.295 e. The molecule has 1 aromatic carbocycles. The second-order valence-corrected chi connectivity index (χ2v) is 7.95. The van der Waals surface area contributed by atoms with Gasteiger partial charge in [-0.2, -0.15) is 16.8 Å². The minimum Gasteiger partial charge on any atom is -0.282 e. The standard InChI is InChI=1S/C13H9N3O7S2/c1-6-2-12(17)16-9-4-11(25(21,22)23)10(24(18,19)20)3-8(9)15-13(16)7(6)5-14/h2-4,14H,1H3,(H,18,19,20)(H,21,22,23). The lowest BCUT2D eigenvalue weighted by molar-refractivity contribution is 0.467. The first kappa shape index (κ1) is 17.2. The number of imidazole rings is 1. The molecule has 0 atom stereocenters. The second-order valence-electron chi connectivity index (χ2n) is 5.17. The van der Waals surface area contributed by atoms with Gasteiger partial charge in [-0.05, 0) is 30.5 Å². The number of rotatable bonds is 2. The summed E-state index contributed by atoms with van der Waals surface area (Å²) in [7, 11) is -10.0. The van der Waals surface area contributed by atoms with Crippen LogP contribution >= 0.6 is 0 Å². The maximum atomic E-state index is 12.2. The Morgan fingerprint density at radius 2 is 1.64 bits per heavy atom. The SMILES string of the molecule is Cc1cc(=O)n2c(nc3cc(S(=O)(=O)O)c(S(=O)(=O)O)cc32)c1=C=N. The molecular weight excluding hydrogens is 374 g/mol. The summed E-state index contributed by atoms with van der Waals surface area (Å²) in [5.41, 5.74) is -0.484. The summed E-state index contributed by atoms with van der Waals surface area (Å²) in [5, 5.41) is 7.47. The van der Waals surface area contributed by atoms with Crippen LogP contribution in [-0.2, 0) is 20.2 Å². The van der Waals surface area contributed by atoms with Crippen molar-refractivity contribution in [2.45, 2.75) is 16.7 Å². The Kier molecular flexibility index (Phi) is 3.56. The molecule has 12 heteroatoms. The van der Waals surface area contributed by atoms with Gasteiger partial charge in [-0.25, -0.2) is 4.98 Å². The van der Waals surface area contributed by atoms with Crippen molar-refractivity contribution in [1.29, 1.82) is 5.41 Å². The van der Waals surface area contributed by atoms with Crippen LogP contribution in [-0.4, -0.2) is 41.2 Å². The van der Waals surface area contributed by atoms with E-state index in [1.165, 1.54) is 6.07 Å². The Morgan fingerprint density at radius 3 is 2.16 bits per heavy atom. The van der Waals surface area contributed by atoms with Gasteiger partial charge in [0.15, 0.2) is 5.65 Å². The third kappa shape index (κ3) is 2.62. The molecule has 0 unspecified atom stereocenters. The third-order valence-corrected chi connectivity index (χ3v) is 5.50. The molecule has 10 nitrogen and oxygen atoms in total. The van der Waals surface area contributed by atoms with Crippen molar-refractivity contribution in [1.82, 2.24) is 9.38 Å². The molecule has 130 valence electrons. The van der Waals surface area contributed by atoms with Gasteiger partial charge in [-0.15, -0.1) is 0 Å². The highest BCUT2D eigenvalue weighted by Crippen LogP contribution is 2.26. The number of nitrogens with zero attached hydrogens (tertiary/aromatic N) is 2. The summed E-state index contributed by atoms with van der Waals surface area (Å²) in [6.45, 7) is 1.55. The smallest absolute Gasteiger partial charge is 0.282 e. The third-order valence-electron chi connectivity index (χ3n) is 3.58. The van der Waals surface area contributed by atoms with Gasteiger partial charge in [-0.1, -0.05) is 0 Å². The largest absolute Gasteiger partial charge is 0.295 e. The number of nitrogens with one attached hydrogen (secondary N) is 1. The Bertz CT molecular complexity index is 1420. The lowest BCUT2D eigenvalue weighted by atomic mass is 10.2. The Labute approximate surface area is 140 Å². The second kappa shape index (κ2) is 5.18. The quantitative estimate of drug-likeness (QED) is 0.385. The summed E-state index contributed by atoms with van der Waals surface area (Å²) in [5.74, 6) is 2.11. The highest BCUT2D eigenvalue weighted by Gasteiger charge is 2.26. The summed E-state index contributed by atoms with van der Waals surface area (Å²) >= 11 is 0. The number of pyridine rings is 1. The van der Waals surface area contributed by atoms with Crippen molar-refractivity contribution in [3.05, 3.63) is 39.3 Å². The average molecular weight is 383 g/mol. The molecule has 0 saturated heterocycles. The molecule has 0 spiro atoms. The van der Waals surface area contributed by atoms with Crippen LogP contribution in [0.3, 0.4) is 0 Å². The minimum absolute atomic E-state index is 0.0382. The van der Waals surface area contributed by atoms with Crippen LogP contribution < -0.4 is 10.8 Å². The van der Waals surface area contributed by atoms with Crippen molar-refractivity contribution >= 4 is 42.8 Å². The van der Waals surface area contributed by atoms with Gasteiger partial charge in [-0.3, -0.25) is 23.7 Å². The van der Waals surface area contributed by atoms with E-state index in [2.05, 4.69) is 10.9 Å². The van der Waals surface area contributed by atoms with E-state index in [0.29, 0.717) is 5.56 Å². The summed E-state index contributed by atoms with van der Waals surface area (Å²) in [4.78, 5) is 14.1. The Hall–Kier alpha value is -2.63. The number of hydrogen-bond donors (Lipinski definition) is 3. The molecule has 3 N–H and O–H groups in total. The molecule has 3 aromatic rings.